The zero-order chi connectivity index (χ0) is 36.0. The van der Waals surface area contributed by atoms with Crippen LogP contribution in [0.5, 0.6) is 0 Å². The molecule has 10 nitrogen and oxygen atoms in total. The average molecular weight is 712 g/mol. The van der Waals surface area contributed by atoms with Gasteiger partial charge < -0.3 is 24.7 Å². The van der Waals surface area contributed by atoms with Crippen LogP contribution in [0.4, 0.5) is 18.9 Å². The number of halogens is 4. The molecular formula is C36H37ClF3N5O5. The number of nitrogens with zero attached hydrogens (tertiary/aromatic N) is 5. The van der Waals surface area contributed by atoms with Crippen molar-refractivity contribution in [3.05, 3.63) is 112 Å². The molecule has 0 aromatic heterocycles. The molecule has 3 amide bonds. The maximum atomic E-state index is 13.9. The van der Waals surface area contributed by atoms with Gasteiger partial charge in [-0.3, -0.25) is 19.3 Å². The third-order valence-corrected chi connectivity index (χ3v) is 8.95. The van der Waals surface area contributed by atoms with Gasteiger partial charge in [-0.25, -0.2) is 4.79 Å². The number of carbonyl (C=O) groups is 4. The van der Waals surface area contributed by atoms with Gasteiger partial charge in [0.1, 0.15) is 6.54 Å². The molecule has 1 saturated heterocycles. The summed E-state index contributed by atoms with van der Waals surface area (Å²) in [6, 6.07) is 20.5. The number of aliphatic carboxylic acids is 1. The van der Waals surface area contributed by atoms with Crippen molar-refractivity contribution in [2.45, 2.75) is 25.8 Å². The van der Waals surface area contributed by atoms with Gasteiger partial charge in [-0.05, 0) is 66.2 Å². The average Bonchev–Trinajstić information content (AvgIpc) is 3.59. The number of carboxylic acid groups (broad SMARTS) is 1. The summed E-state index contributed by atoms with van der Waals surface area (Å²) in [5.74, 6) is -3.12. The minimum Gasteiger partial charge on any atom is -0.475 e. The number of hydrogen-bond donors (Lipinski definition) is 1. The molecule has 3 aliphatic heterocycles. The first-order valence-electron chi connectivity index (χ1n) is 16.0. The maximum absolute atomic E-state index is 13.9. The van der Waals surface area contributed by atoms with E-state index >= 15 is 0 Å². The number of anilines is 1. The lowest BCUT2D eigenvalue weighted by atomic mass is 10.1. The van der Waals surface area contributed by atoms with Crippen molar-refractivity contribution < 1.29 is 37.5 Å². The molecule has 3 heterocycles. The lowest BCUT2D eigenvalue weighted by Crippen LogP contribution is -2.43. The molecule has 264 valence electrons. The highest BCUT2D eigenvalue weighted by Crippen LogP contribution is 2.30. The summed E-state index contributed by atoms with van der Waals surface area (Å²) < 4.78 is 31.7. The number of hydrogen-bond acceptors (Lipinski definition) is 6. The molecule has 6 rings (SSSR count). The third kappa shape index (κ3) is 9.29. The SMILES string of the molecule is CN1CCN(Cc2ccc3c(c2)N(Cc2ccc(C(=O)N4CC=CC4)cc2)C(=O)CN(C(=O)c2ccc(Cl)cc2)C3)CC1.O=C(O)C(F)(F)F. The fourth-order valence-corrected chi connectivity index (χ4v) is 5.98. The van der Waals surface area contributed by atoms with E-state index in [2.05, 4.69) is 35.0 Å². The summed E-state index contributed by atoms with van der Waals surface area (Å²) in [5, 5.41) is 7.68. The molecule has 0 bridgehead atoms. The number of benzene rings is 3. The van der Waals surface area contributed by atoms with Gasteiger partial charge in [0, 0.05) is 74.2 Å². The zero-order valence-corrected chi connectivity index (χ0v) is 28.2. The molecular weight excluding hydrogens is 675 g/mol. The summed E-state index contributed by atoms with van der Waals surface area (Å²) in [5.41, 5.74) is 4.92. The van der Waals surface area contributed by atoms with Gasteiger partial charge in [0.05, 0.1) is 6.54 Å². The molecule has 0 aliphatic carbocycles. The molecule has 50 heavy (non-hydrogen) atoms. The summed E-state index contributed by atoms with van der Waals surface area (Å²) >= 11 is 6.05. The van der Waals surface area contributed by atoms with Crippen LogP contribution >= 0.6 is 11.6 Å². The van der Waals surface area contributed by atoms with Crippen LogP contribution in [0.1, 0.15) is 37.4 Å². The Hall–Kier alpha value is -4.72. The van der Waals surface area contributed by atoms with Gasteiger partial charge in [-0.1, -0.05) is 48.0 Å². The highest BCUT2D eigenvalue weighted by atomic mass is 35.5. The largest absolute Gasteiger partial charge is 0.490 e. The molecule has 1 N–H and O–H groups in total. The second kappa shape index (κ2) is 15.9. The number of rotatable bonds is 6. The van der Waals surface area contributed by atoms with E-state index in [9.17, 15) is 27.6 Å². The molecule has 14 heteroatoms. The molecule has 1 fully saturated rings. The van der Waals surface area contributed by atoms with Crippen LogP contribution in [0.15, 0.2) is 78.9 Å². The summed E-state index contributed by atoms with van der Waals surface area (Å²) in [7, 11) is 2.15. The molecule has 3 aromatic carbocycles. The van der Waals surface area contributed by atoms with Crippen molar-refractivity contribution in [1.29, 1.82) is 0 Å². The Morgan fingerprint density at radius 2 is 1.30 bits per heavy atom. The third-order valence-electron chi connectivity index (χ3n) is 8.70. The van der Waals surface area contributed by atoms with E-state index in [0.717, 1.165) is 55.1 Å². The first kappa shape index (κ1) is 36.6. The van der Waals surface area contributed by atoms with E-state index in [0.29, 0.717) is 42.3 Å². The molecule has 0 saturated carbocycles. The fraction of sp³-hybridized carbons (Fsp3) is 0.333. The fourth-order valence-electron chi connectivity index (χ4n) is 5.86. The number of fused-ring (bicyclic) bond motifs is 1. The summed E-state index contributed by atoms with van der Waals surface area (Å²) in [6.07, 6.45) is -1.10. The van der Waals surface area contributed by atoms with Crippen molar-refractivity contribution in [2.75, 3.05) is 57.8 Å². The standard InChI is InChI=1S/C34H36ClN5O3.C2HF3O2/c1-36-16-18-37(19-17-36)21-26-6-9-29-23-39(34(43)28-10-12-30(35)13-11-28)24-32(41)40(31(29)20-26)22-25-4-7-27(8-5-25)33(42)38-14-2-3-15-38;3-2(4,5)1(6)7/h2-13,20H,14-19,21-24H2,1H3;(H,6,7). The van der Waals surface area contributed by atoms with E-state index in [1.807, 2.05) is 36.4 Å². The van der Waals surface area contributed by atoms with E-state index in [1.165, 1.54) is 0 Å². The smallest absolute Gasteiger partial charge is 0.475 e. The highest BCUT2D eigenvalue weighted by molar-refractivity contribution is 6.30. The van der Waals surface area contributed by atoms with Gasteiger partial charge in [-0.2, -0.15) is 13.2 Å². The van der Waals surface area contributed by atoms with Crippen molar-refractivity contribution in [2.24, 2.45) is 0 Å². The zero-order valence-electron chi connectivity index (χ0n) is 27.4. The Morgan fingerprint density at radius 3 is 1.88 bits per heavy atom. The van der Waals surface area contributed by atoms with Gasteiger partial charge in [0.15, 0.2) is 0 Å². The predicted molar refractivity (Wildman–Crippen MR) is 182 cm³/mol. The number of carbonyl (C=O) groups excluding carboxylic acids is 3. The van der Waals surface area contributed by atoms with Gasteiger partial charge in [0.25, 0.3) is 11.8 Å². The predicted octanol–water partition coefficient (Wildman–Crippen LogP) is 4.92. The minimum absolute atomic E-state index is 0.00218. The Balaban J connectivity index is 0.000000630. The van der Waals surface area contributed by atoms with E-state index in [-0.39, 0.29) is 24.3 Å². The van der Waals surface area contributed by atoms with Crippen molar-refractivity contribution >= 4 is 41.0 Å². The molecule has 0 unspecified atom stereocenters. The molecule has 3 aromatic rings. The first-order chi connectivity index (χ1) is 23.8. The molecule has 0 radical (unpaired) electrons. The van der Waals surface area contributed by atoms with Crippen molar-refractivity contribution in [1.82, 2.24) is 19.6 Å². The van der Waals surface area contributed by atoms with Crippen LogP contribution in [-0.2, 0) is 29.2 Å². The van der Waals surface area contributed by atoms with Crippen LogP contribution in [0.25, 0.3) is 0 Å². The monoisotopic (exact) mass is 711 g/mol. The Kier molecular flexibility index (Phi) is 11.6. The molecule has 0 spiro atoms. The number of alkyl halides is 3. The summed E-state index contributed by atoms with van der Waals surface area (Å²) in [6.45, 7) is 6.74. The van der Waals surface area contributed by atoms with Crippen LogP contribution in [0, 0.1) is 0 Å². The lowest BCUT2D eigenvalue weighted by molar-refractivity contribution is -0.192. The van der Waals surface area contributed by atoms with Crippen LogP contribution in [-0.4, -0.2) is 107 Å². The quantitative estimate of drug-likeness (QED) is 0.362. The van der Waals surface area contributed by atoms with E-state index in [1.54, 1.807) is 39.0 Å². The highest BCUT2D eigenvalue weighted by Gasteiger charge is 2.38. The Bertz CT molecular complexity index is 1730. The molecule has 0 atom stereocenters. The maximum Gasteiger partial charge on any atom is 0.490 e. The Morgan fingerprint density at radius 1 is 0.760 bits per heavy atom. The second-order valence-electron chi connectivity index (χ2n) is 12.4. The lowest BCUT2D eigenvalue weighted by Gasteiger charge is -2.32. The first-order valence-corrected chi connectivity index (χ1v) is 16.4. The van der Waals surface area contributed by atoms with Crippen LogP contribution in [0.3, 0.4) is 0 Å². The Labute approximate surface area is 292 Å². The number of likely N-dealkylation sites (N-methyl/N-ethyl adjacent to an activating group) is 1. The van der Waals surface area contributed by atoms with Gasteiger partial charge in [0.2, 0.25) is 5.91 Å². The van der Waals surface area contributed by atoms with Crippen LogP contribution < -0.4 is 4.90 Å². The normalized spacial score (nSPS) is 16.8. The van der Waals surface area contributed by atoms with E-state index in [4.69, 9.17) is 21.5 Å². The van der Waals surface area contributed by atoms with Crippen LogP contribution in [0.2, 0.25) is 5.02 Å². The van der Waals surface area contributed by atoms with Crippen molar-refractivity contribution in [3.8, 4) is 0 Å². The topological polar surface area (TPSA) is 105 Å². The molecule has 3 aliphatic rings. The van der Waals surface area contributed by atoms with Crippen molar-refractivity contribution in [3.63, 3.8) is 0 Å². The minimum atomic E-state index is -5.08. The summed E-state index contributed by atoms with van der Waals surface area (Å²) in [4.78, 5) is 59.1. The number of amides is 3. The number of piperazine rings is 1. The van der Waals surface area contributed by atoms with Gasteiger partial charge in [-0.15, -0.1) is 0 Å². The van der Waals surface area contributed by atoms with E-state index < -0.39 is 12.1 Å². The second-order valence-corrected chi connectivity index (χ2v) is 12.8. The van der Waals surface area contributed by atoms with Gasteiger partial charge >= 0.3 is 12.1 Å². The number of carboxylic acids is 1.